The molecule has 0 radical (unpaired) electrons. The number of nitrogens with two attached hydrogens (primary N) is 1. The second kappa shape index (κ2) is 21.4. The fraction of sp³-hybridized carbons (Fsp3) is 0.519. The Morgan fingerprint density at radius 3 is 1.13 bits per heavy atom. The molecule has 6 rings (SSSR count). The molecule has 2 fully saturated rings. The van der Waals surface area contributed by atoms with Crippen LogP contribution in [-0.4, -0.2) is 30.2 Å². The van der Waals surface area contributed by atoms with Crippen LogP contribution in [-0.2, 0) is 49.8 Å². The number of hydrogen-bond acceptors (Lipinski definition) is 4. The molecule has 0 bridgehead atoms. The van der Waals surface area contributed by atoms with Crippen LogP contribution in [0, 0.1) is 0 Å². The summed E-state index contributed by atoms with van der Waals surface area (Å²) >= 11 is 0. The van der Waals surface area contributed by atoms with Crippen molar-refractivity contribution < 1.29 is 67.0 Å². The molecule has 69 heavy (non-hydrogen) atoms. The van der Waals surface area contributed by atoms with Gasteiger partial charge >= 0.3 is 24.7 Å². The number of carbonyl (C=O) groups is 1. The lowest BCUT2D eigenvalue weighted by atomic mass is 9.64. The molecule has 380 valence electrons. The first-order chi connectivity index (χ1) is 32.0. The summed E-state index contributed by atoms with van der Waals surface area (Å²) in [5, 5.41) is 3.07. The van der Waals surface area contributed by atoms with Crippen molar-refractivity contribution in [3.63, 3.8) is 0 Å². The van der Waals surface area contributed by atoms with Crippen LogP contribution >= 0.6 is 0 Å². The first kappa shape index (κ1) is 55.3. The molecule has 2 aliphatic rings. The van der Waals surface area contributed by atoms with Gasteiger partial charge in [-0.25, -0.2) is 0 Å². The van der Waals surface area contributed by atoms with Crippen molar-refractivity contribution in [1.82, 2.24) is 5.32 Å². The highest BCUT2D eigenvalue weighted by atomic mass is 19.4. The second-order valence-corrected chi connectivity index (χ2v) is 18.9. The van der Waals surface area contributed by atoms with Gasteiger partial charge < -0.3 is 20.5 Å². The Morgan fingerprint density at radius 1 is 0.536 bits per heavy atom. The molecule has 0 saturated heterocycles. The van der Waals surface area contributed by atoms with Crippen molar-refractivity contribution in [1.29, 1.82) is 0 Å². The minimum absolute atomic E-state index is 0.112. The highest BCUT2D eigenvalue weighted by Crippen LogP contribution is 2.48. The zero-order valence-electron chi connectivity index (χ0n) is 39.2. The minimum Gasteiger partial charge on any atom is -0.373 e. The van der Waals surface area contributed by atoms with Gasteiger partial charge in [0.05, 0.1) is 47.7 Å². The van der Waals surface area contributed by atoms with Crippen LogP contribution in [0.4, 0.5) is 52.7 Å². The van der Waals surface area contributed by atoms with Gasteiger partial charge in [-0.2, -0.15) is 52.7 Å². The summed E-state index contributed by atoms with van der Waals surface area (Å²) in [7, 11) is 0. The van der Waals surface area contributed by atoms with Crippen molar-refractivity contribution in [2.45, 2.75) is 158 Å². The molecular formula is C52H60F12N2O3. The van der Waals surface area contributed by atoms with Crippen molar-refractivity contribution in [3.8, 4) is 0 Å². The molecule has 3 N–H and O–H groups in total. The van der Waals surface area contributed by atoms with E-state index in [1.54, 1.807) is 0 Å². The molecule has 1 amide bonds. The third kappa shape index (κ3) is 14.1. The van der Waals surface area contributed by atoms with E-state index in [9.17, 15) is 57.5 Å². The molecule has 5 nitrogen and oxygen atoms in total. The molecular weight excluding hydrogens is 929 g/mol. The Morgan fingerprint density at radius 2 is 0.855 bits per heavy atom. The Hall–Kier alpha value is -4.61. The van der Waals surface area contributed by atoms with Crippen LogP contribution in [0.25, 0.3) is 0 Å². The largest absolute Gasteiger partial charge is 0.416 e. The van der Waals surface area contributed by atoms with E-state index < -0.39 is 70.0 Å². The van der Waals surface area contributed by atoms with Gasteiger partial charge in [-0.05, 0) is 137 Å². The molecule has 2 atom stereocenters. The summed E-state index contributed by atoms with van der Waals surface area (Å²) < 4.78 is 171. The molecule has 2 saturated carbocycles. The third-order valence-corrected chi connectivity index (χ3v) is 14.3. The molecule has 0 aliphatic heterocycles. The zero-order chi connectivity index (χ0) is 51.3. The fourth-order valence-corrected chi connectivity index (χ4v) is 9.53. The predicted molar refractivity (Wildman–Crippen MR) is 239 cm³/mol. The Bertz CT molecular complexity index is 2230. The van der Waals surface area contributed by atoms with E-state index in [0.717, 1.165) is 73.9 Å². The van der Waals surface area contributed by atoms with E-state index in [4.69, 9.17) is 15.2 Å². The average molecular weight is 989 g/mol. The standard InChI is InChI=1S/C27H31F6NO2.C25H29F6NO/c1-4-25(34-19(3)35)12-10-24(11-13-25,21-8-6-5-7-9-21)17-36-18(2)20-14-22(26(28,29)30)16-23(15-20)27(31,32)33;1-3-23(32)11-9-22(10-12-23,19-7-5-4-6-8-19)16-33-17(2)18-13-20(24(26,27)28)15-21(14-18)25(29,30)31/h5-9,14-16,18H,4,10-13,17H2,1-3H3,(H,34,35);4-8,13-15,17H,3,9-12,16,32H2,1-2H3/t18-,24?,25?;17-,22?,23?/m11/s1. The number of carbonyl (C=O) groups excluding carboxylic acids is 1. The van der Waals surface area contributed by atoms with Gasteiger partial charge in [-0.1, -0.05) is 74.5 Å². The van der Waals surface area contributed by atoms with Gasteiger partial charge in [0.1, 0.15) is 0 Å². The van der Waals surface area contributed by atoms with Crippen LogP contribution in [0.15, 0.2) is 97.1 Å². The minimum atomic E-state index is -4.92. The lowest BCUT2D eigenvalue weighted by molar-refractivity contribution is -0.145. The van der Waals surface area contributed by atoms with E-state index in [1.807, 2.05) is 74.5 Å². The summed E-state index contributed by atoms with van der Waals surface area (Å²) in [6, 6.07) is 22.4. The lowest BCUT2D eigenvalue weighted by Gasteiger charge is -2.47. The SMILES string of the molecule is CCC1(N)CCC(CO[C@H](C)c2cc(C(F)(F)F)cc(C(F)(F)F)c2)(c2ccccc2)CC1.CCC1(NC(C)=O)CCC(CO[C@H](C)c2cc(C(F)(F)F)cc(C(F)(F)F)c2)(c2ccccc2)CC1. The molecule has 4 aromatic rings. The van der Waals surface area contributed by atoms with E-state index in [-0.39, 0.29) is 53.5 Å². The number of rotatable bonds is 13. The monoisotopic (exact) mass is 988 g/mol. The van der Waals surface area contributed by atoms with Crippen LogP contribution in [0.3, 0.4) is 0 Å². The Balaban J connectivity index is 0.000000258. The fourth-order valence-electron chi connectivity index (χ4n) is 9.53. The first-order valence-corrected chi connectivity index (χ1v) is 23.0. The first-order valence-electron chi connectivity index (χ1n) is 23.0. The number of alkyl halides is 12. The third-order valence-electron chi connectivity index (χ3n) is 14.3. The van der Waals surface area contributed by atoms with Crippen LogP contribution in [0.2, 0.25) is 0 Å². The number of hydrogen-bond donors (Lipinski definition) is 2. The van der Waals surface area contributed by atoms with Gasteiger partial charge in [-0.15, -0.1) is 0 Å². The van der Waals surface area contributed by atoms with Crippen LogP contribution in [0.5, 0.6) is 0 Å². The van der Waals surface area contributed by atoms with E-state index in [2.05, 4.69) is 5.32 Å². The van der Waals surface area contributed by atoms with Crippen LogP contribution in [0.1, 0.15) is 156 Å². The molecule has 4 aromatic carbocycles. The van der Waals surface area contributed by atoms with E-state index in [0.29, 0.717) is 25.7 Å². The average Bonchev–Trinajstić information content (AvgIpc) is 3.30. The second-order valence-electron chi connectivity index (χ2n) is 18.9. The molecule has 0 aromatic heterocycles. The maximum Gasteiger partial charge on any atom is 0.416 e. The van der Waals surface area contributed by atoms with Crippen molar-refractivity contribution in [2.24, 2.45) is 5.73 Å². The number of amides is 1. The summed E-state index contributed by atoms with van der Waals surface area (Å²) in [4.78, 5) is 11.8. The maximum atomic E-state index is 13.3. The molecule has 0 spiro atoms. The van der Waals surface area contributed by atoms with Gasteiger partial charge in [0.2, 0.25) is 5.91 Å². The normalized spacial score (nSPS) is 24.4. The van der Waals surface area contributed by atoms with Crippen molar-refractivity contribution >= 4 is 5.91 Å². The smallest absolute Gasteiger partial charge is 0.373 e. The predicted octanol–water partition coefficient (Wildman–Crippen LogP) is 15.0. The van der Waals surface area contributed by atoms with Gasteiger partial charge in [0.25, 0.3) is 0 Å². The topological polar surface area (TPSA) is 73.6 Å². The maximum absolute atomic E-state index is 13.3. The van der Waals surface area contributed by atoms with E-state index >= 15 is 0 Å². The van der Waals surface area contributed by atoms with Crippen molar-refractivity contribution in [2.75, 3.05) is 13.2 Å². The summed E-state index contributed by atoms with van der Waals surface area (Å²) in [5.41, 5.74) is 1.25. The molecule has 0 heterocycles. The lowest BCUT2D eigenvalue weighted by Crippen LogP contribution is -2.53. The molecule has 17 heteroatoms. The highest BCUT2D eigenvalue weighted by Gasteiger charge is 2.45. The quantitative estimate of drug-likeness (QED) is 0.131. The van der Waals surface area contributed by atoms with Gasteiger partial charge in [-0.3, -0.25) is 4.79 Å². The Labute approximate surface area is 395 Å². The number of nitrogens with one attached hydrogen (secondary N) is 1. The summed E-state index contributed by atoms with van der Waals surface area (Å²) in [6.07, 6.45) is -14.4. The van der Waals surface area contributed by atoms with Crippen LogP contribution < -0.4 is 11.1 Å². The van der Waals surface area contributed by atoms with Gasteiger partial charge in [0, 0.05) is 28.8 Å². The molecule has 2 aliphatic carbocycles. The summed E-state index contributed by atoms with van der Waals surface area (Å²) in [5.74, 6) is -0.112. The zero-order valence-corrected chi connectivity index (χ0v) is 39.2. The highest BCUT2D eigenvalue weighted by molar-refractivity contribution is 5.73. The van der Waals surface area contributed by atoms with Crippen molar-refractivity contribution in [3.05, 3.63) is 142 Å². The van der Waals surface area contributed by atoms with E-state index in [1.165, 1.54) is 20.8 Å². The van der Waals surface area contributed by atoms with Gasteiger partial charge in [0.15, 0.2) is 0 Å². The number of ether oxygens (including phenoxy) is 2. The molecule has 0 unspecified atom stereocenters. The number of benzene rings is 4. The number of halogens is 12. The Kier molecular flexibility index (Phi) is 17.2. The summed E-state index contributed by atoms with van der Waals surface area (Å²) in [6.45, 7) is 8.77.